The van der Waals surface area contributed by atoms with E-state index in [4.69, 9.17) is 0 Å². The van der Waals surface area contributed by atoms with Crippen LogP contribution < -0.4 is 0 Å². The Hall–Kier alpha value is -1.36. The van der Waals surface area contributed by atoms with Gasteiger partial charge in [0.1, 0.15) is 0 Å². The molecule has 1 rings (SSSR count). The van der Waals surface area contributed by atoms with Crippen LogP contribution in [0.4, 0.5) is 13.2 Å². The van der Waals surface area contributed by atoms with E-state index in [1.165, 1.54) is 12.1 Å². The Morgan fingerprint density at radius 3 is 2.30 bits per heavy atom. The number of ketones is 1. The fraction of sp³-hybridized carbons (Fsp3) is 0.533. The first-order valence-electron chi connectivity index (χ1n) is 6.56. The second-order valence-corrected chi connectivity index (χ2v) is 6.02. The monoisotopic (exact) mass is 288 g/mol. The highest BCUT2D eigenvalue weighted by Crippen LogP contribution is 2.30. The van der Waals surface area contributed by atoms with Crippen LogP contribution >= 0.6 is 0 Å². The fourth-order valence-electron chi connectivity index (χ4n) is 2.14. The zero-order valence-corrected chi connectivity index (χ0v) is 12.3. The molecule has 1 unspecified atom stereocenters. The highest BCUT2D eigenvalue weighted by atomic mass is 19.4. The molecule has 1 atom stereocenters. The van der Waals surface area contributed by atoms with Crippen molar-refractivity contribution >= 4 is 5.78 Å². The van der Waals surface area contributed by atoms with Crippen molar-refractivity contribution in [2.24, 2.45) is 5.92 Å². The lowest BCUT2D eigenvalue weighted by Crippen LogP contribution is -2.41. The minimum Gasteiger partial charge on any atom is -0.330 e. The van der Waals surface area contributed by atoms with Gasteiger partial charge in [0, 0.05) is 5.56 Å². The molecule has 0 heterocycles. The zero-order valence-electron chi connectivity index (χ0n) is 12.3. The standard InChI is InChI=1S/C15H21F3NO/c1-5-11(10-19(2,3)4)14(20)12-7-6-8-13(9-12)15(16,17)18/h6-9,11H,5,10H2,1-4H3/q+1. The lowest BCUT2D eigenvalue weighted by molar-refractivity contribution is -0.872. The van der Waals surface area contributed by atoms with Gasteiger partial charge in [-0.2, -0.15) is 13.2 Å². The third-order valence-corrected chi connectivity index (χ3v) is 3.11. The Balaban J connectivity index is 3.02. The molecule has 0 spiro atoms. The first-order chi connectivity index (χ1) is 9.04. The number of alkyl halides is 3. The summed E-state index contributed by atoms with van der Waals surface area (Å²) in [4.78, 5) is 12.4. The van der Waals surface area contributed by atoms with Crippen molar-refractivity contribution in [3.63, 3.8) is 0 Å². The number of hydrogen-bond acceptors (Lipinski definition) is 1. The van der Waals surface area contributed by atoms with Gasteiger partial charge in [0.2, 0.25) is 0 Å². The number of rotatable bonds is 5. The van der Waals surface area contributed by atoms with Gasteiger partial charge in [-0.15, -0.1) is 0 Å². The van der Waals surface area contributed by atoms with Gasteiger partial charge in [0.15, 0.2) is 5.78 Å². The van der Waals surface area contributed by atoms with Crippen molar-refractivity contribution < 1.29 is 22.4 Å². The fourth-order valence-corrected chi connectivity index (χ4v) is 2.14. The molecule has 0 aliphatic heterocycles. The average Bonchev–Trinajstić information content (AvgIpc) is 2.33. The normalized spacial score (nSPS) is 14.2. The SMILES string of the molecule is CCC(C[N+](C)(C)C)C(=O)c1cccc(C(F)(F)F)c1. The molecule has 2 nitrogen and oxygen atoms in total. The van der Waals surface area contributed by atoms with Crippen molar-refractivity contribution in [3.05, 3.63) is 35.4 Å². The van der Waals surface area contributed by atoms with Gasteiger partial charge in [-0.05, 0) is 18.6 Å². The van der Waals surface area contributed by atoms with E-state index >= 15 is 0 Å². The Morgan fingerprint density at radius 1 is 1.25 bits per heavy atom. The maximum absolute atomic E-state index is 12.7. The van der Waals surface area contributed by atoms with Crippen molar-refractivity contribution in [3.8, 4) is 0 Å². The Bertz CT molecular complexity index is 475. The van der Waals surface area contributed by atoms with Gasteiger partial charge in [0.25, 0.3) is 0 Å². The van der Waals surface area contributed by atoms with Gasteiger partial charge in [0.05, 0.1) is 39.2 Å². The summed E-state index contributed by atoms with van der Waals surface area (Å²) in [5.74, 6) is -0.481. The molecule has 1 aromatic rings. The van der Waals surface area contributed by atoms with Crippen LogP contribution in [0.1, 0.15) is 29.3 Å². The van der Waals surface area contributed by atoms with E-state index in [-0.39, 0.29) is 17.3 Å². The van der Waals surface area contributed by atoms with E-state index in [2.05, 4.69) is 0 Å². The van der Waals surface area contributed by atoms with Crippen molar-refractivity contribution in [1.82, 2.24) is 0 Å². The van der Waals surface area contributed by atoms with Crippen LogP contribution in [0.25, 0.3) is 0 Å². The van der Waals surface area contributed by atoms with Gasteiger partial charge >= 0.3 is 6.18 Å². The summed E-state index contributed by atoms with van der Waals surface area (Å²) in [5, 5.41) is 0. The highest BCUT2D eigenvalue weighted by Gasteiger charge is 2.32. The Morgan fingerprint density at radius 2 is 1.85 bits per heavy atom. The molecule has 0 aromatic heterocycles. The largest absolute Gasteiger partial charge is 0.416 e. The highest BCUT2D eigenvalue weighted by molar-refractivity contribution is 5.98. The van der Waals surface area contributed by atoms with Crippen LogP contribution in [-0.4, -0.2) is 38.0 Å². The second-order valence-electron chi connectivity index (χ2n) is 6.02. The topological polar surface area (TPSA) is 17.1 Å². The molecular formula is C15H21F3NO+. The molecule has 0 aliphatic carbocycles. The smallest absolute Gasteiger partial charge is 0.330 e. The van der Waals surface area contributed by atoms with Crippen LogP contribution in [0, 0.1) is 5.92 Å². The average molecular weight is 288 g/mol. The van der Waals surface area contributed by atoms with E-state index in [0.29, 0.717) is 17.4 Å². The third kappa shape index (κ3) is 4.63. The van der Waals surface area contributed by atoms with Crippen molar-refractivity contribution in [2.75, 3.05) is 27.7 Å². The van der Waals surface area contributed by atoms with E-state index in [0.717, 1.165) is 12.1 Å². The lowest BCUT2D eigenvalue weighted by atomic mass is 9.93. The number of nitrogens with zero attached hydrogens (tertiary/aromatic N) is 1. The predicted molar refractivity (Wildman–Crippen MR) is 72.5 cm³/mol. The number of hydrogen-bond donors (Lipinski definition) is 0. The third-order valence-electron chi connectivity index (χ3n) is 3.11. The summed E-state index contributed by atoms with van der Waals surface area (Å²) < 4.78 is 38.6. The van der Waals surface area contributed by atoms with E-state index < -0.39 is 11.7 Å². The predicted octanol–water partition coefficient (Wildman–Crippen LogP) is 3.62. The van der Waals surface area contributed by atoms with Gasteiger partial charge in [-0.1, -0.05) is 19.1 Å². The molecule has 20 heavy (non-hydrogen) atoms. The minimum absolute atomic E-state index is 0.139. The summed E-state index contributed by atoms with van der Waals surface area (Å²) in [7, 11) is 5.88. The molecule has 5 heteroatoms. The summed E-state index contributed by atoms with van der Waals surface area (Å²) in [6.07, 6.45) is -3.80. The molecule has 0 N–H and O–H groups in total. The molecule has 0 bridgehead atoms. The van der Waals surface area contributed by atoms with E-state index in [1.54, 1.807) is 0 Å². The molecule has 1 aromatic carbocycles. The molecule has 0 radical (unpaired) electrons. The summed E-state index contributed by atoms with van der Waals surface area (Å²) in [5.41, 5.74) is -0.636. The number of carbonyl (C=O) groups is 1. The molecule has 0 saturated heterocycles. The van der Waals surface area contributed by atoms with Gasteiger partial charge in [-0.25, -0.2) is 0 Å². The summed E-state index contributed by atoms with van der Waals surface area (Å²) in [6.45, 7) is 2.48. The zero-order chi connectivity index (χ0) is 15.6. The summed E-state index contributed by atoms with van der Waals surface area (Å²) >= 11 is 0. The Labute approximate surface area is 117 Å². The van der Waals surface area contributed by atoms with Crippen LogP contribution in [-0.2, 0) is 6.18 Å². The van der Waals surface area contributed by atoms with Crippen molar-refractivity contribution in [1.29, 1.82) is 0 Å². The maximum Gasteiger partial charge on any atom is 0.416 e. The molecule has 0 aliphatic rings. The molecule has 0 saturated carbocycles. The second kappa shape index (κ2) is 5.95. The van der Waals surface area contributed by atoms with Crippen LogP contribution in [0.5, 0.6) is 0 Å². The number of benzene rings is 1. The minimum atomic E-state index is -4.42. The van der Waals surface area contributed by atoms with Crippen LogP contribution in [0.15, 0.2) is 24.3 Å². The first kappa shape index (κ1) is 16.7. The molecule has 0 fully saturated rings. The first-order valence-corrected chi connectivity index (χ1v) is 6.56. The van der Waals surface area contributed by atoms with Gasteiger partial charge < -0.3 is 4.48 Å². The quantitative estimate of drug-likeness (QED) is 0.597. The number of halogens is 3. The Kier molecular flexibility index (Phi) is 4.97. The summed E-state index contributed by atoms with van der Waals surface area (Å²) in [6, 6.07) is 4.67. The van der Waals surface area contributed by atoms with E-state index in [9.17, 15) is 18.0 Å². The van der Waals surface area contributed by atoms with E-state index in [1.807, 2.05) is 28.1 Å². The van der Waals surface area contributed by atoms with Crippen LogP contribution in [0.3, 0.4) is 0 Å². The molecular weight excluding hydrogens is 267 g/mol. The lowest BCUT2D eigenvalue weighted by Gasteiger charge is -2.28. The number of Topliss-reactive ketones (excluding diaryl/α,β-unsaturated/α-hetero) is 1. The molecule has 112 valence electrons. The molecule has 0 amide bonds. The van der Waals surface area contributed by atoms with Gasteiger partial charge in [-0.3, -0.25) is 4.79 Å². The van der Waals surface area contributed by atoms with Crippen molar-refractivity contribution in [2.45, 2.75) is 19.5 Å². The van der Waals surface area contributed by atoms with Crippen LogP contribution in [0.2, 0.25) is 0 Å². The maximum atomic E-state index is 12.7. The number of quaternary nitrogens is 1. The number of carbonyl (C=O) groups excluding carboxylic acids is 1.